The molecular weight excluding hydrogens is 336 g/mol. The average Bonchev–Trinajstić information content (AvgIpc) is 3.37. The van der Waals surface area contributed by atoms with E-state index in [1.54, 1.807) is 17.7 Å². The summed E-state index contributed by atoms with van der Waals surface area (Å²) in [5.41, 5.74) is 4.93. The number of anilines is 1. The lowest BCUT2D eigenvalue weighted by molar-refractivity contribution is -0.514. The van der Waals surface area contributed by atoms with Gasteiger partial charge >= 0.3 is 0 Å². The van der Waals surface area contributed by atoms with E-state index in [0.29, 0.717) is 0 Å². The van der Waals surface area contributed by atoms with E-state index in [-0.39, 0.29) is 0 Å². The highest BCUT2D eigenvalue weighted by atomic mass is 32.1. The summed E-state index contributed by atoms with van der Waals surface area (Å²) in [6, 6.07) is 0. The minimum atomic E-state index is 0.786. The number of morpholine rings is 1. The van der Waals surface area contributed by atoms with Gasteiger partial charge in [0, 0.05) is 13.1 Å². The van der Waals surface area contributed by atoms with Gasteiger partial charge in [-0.3, -0.25) is 0 Å². The fraction of sp³-hybridized carbons (Fsp3) is 0.412. The van der Waals surface area contributed by atoms with Crippen LogP contribution in [0.4, 0.5) is 5.82 Å². The Labute approximate surface area is 147 Å². The van der Waals surface area contributed by atoms with Crippen molar-refractivity contribution in [3.63, 3.8) is 0 Å². The standard InChI is InChI=1S/C17H16N6OS/c1-2-10-11(3-1)15(22-4-6-24-7-5-22)20-17-12(10)13-14(25-17)16-21-19-9-23(16)8-18-13/h8-9H,1-7H2/p+1. The average molecular weight is 353 g/mol. The number of rotatable bonds is 1. The van der Waals surface area contributed by atoms with Gasteiger partial charge in [0.15, 0.2) is 5.52 Å². The summed E-state index contributed by atoms with van der Waals surface area (Å²) in [6.45, 7) is 3.42. The Morgan fingerprint density at radius 2 is 2.04 bits per heavy atom. The smallest absolute Gasteiger partial charge is 0.252 e. The number of ether oxygens (including phenoxy) is 1. The number of nitrogens with one attached hydrogen (secondary N) is 1. The molecule has 1 N–H and O–H groups in total. The van der Waals surface area contributed by atoms with Crippen molar-refractivity contribution in [2.75, 3.05) is 31.2 Å². The second-order valence-electron chi connectivity index (χ2n) is 6.66. The van der Waals surface area contributed by atoms with E-state index in [2.05, 4.69) is 15.1 Å². The molecule has 1 aliphatic heterocycles. The summed E-state index contributed by atoms with van der Waals surface area (Å²) in [6.07, 6.45) is 7.02. The summed E-state index contributed by atoms with van der Waals surface area (Å²) in [7, 11) is 0. The molecule has 6 rings (SSSR count). The maximum absolute atomic E-state index is 5.52. The lowest BCUT2D eigenvalue weighted by atomic mass is 10.1. The number of aromatic amines is 1. The summed E-state index contributed by atoms with van der Waals surface area (Å²) >= 11 is 1.72. The highest BCUT2D eigenvalue weighted by molar-refractivity contribution is 7.26. The molecule has 5 heterocycles. The molecule has 0 aromatic carbocycles. The molecule has 0 atom stereocenters. The van der Waals surface area contributed by atoms with Crippen LogP contribution in [0.15, 0.2) is 12.7 Å². The summed E-state index contributed by atoms with van der Waals surface area (Å²) in [5, 5.41) is 8.50. The quantitative estimate of drug-likeness (QED) is 0.527. The second kappa shape index (κ2) is 5.09. The van der Waals surface area contributed by atoms with Gasteiger partial charge in [0.1, 0.15) is 15.3 Å². The van der Waals surface area contributed by atoms with Gasteiger partial charge in [-0.15, -0.1) is 16.3 Å². The molecule has 1 saturated heterocycles. The van der Waals surface area contributed by atoms with Gasteiger partial charge in [-0.1, -0.05) is 0 Å². The van der Waals surface area contributed by atoms with E-state index in [1.165, 1.54) is 28.8 Å². The second-order valence-corrected chi connectivity index (χ2v) is 7.66. The topological polar surface area (TPSA) is 71.0 Å². The number of aromatic nitrogens is 5. The van der Waals surface area contributed by atoms with Crippen LogP contribution in [0.2, 0.25) is 0 Å². The van der Waals surface area contributed by atoms with E-state index >= 15 is 0 Å². The van der Waals surface area contributed by atoms with Crippen LogP contribution in [0.1, 0.15) is 17.5 Å². The number of fused-ring (bicyclic) bond motifs is 7. The Kier molecular flexibility index (Phi) is 2.83. The minimum Gasteiger partial charge on any atom is -0.378 e. The van der Waals surface area contributed by atoms with Gasteiger partial charge in [-0.05, 0) is 35.5 Å². The summed E-state index contributed by atoms with van der Waals surface area (Å²) in [4.78, 5) is 13.3. The first-order chi connectivity index (χ1) is 12.4. The van der Waals surface area contributed by atoms with E-state index in [4.69, 9.17) is 14.7 Å². The maximum Gasteiger partial charge on any atom is 0.252 e. The first-order valence-corrected chi connectivity index (χ1v) is 9.52. The van der Waals surface area contributed by atoms with Crippen molar-refractivity contribution in [3.05, 3.63) is 23.8 Å². The van der Waals surface area contributed by atoms with E-state index in [0.717, 1.165) is 59.8 Å². The van der Waals surface area contributed by atoms with Crippen molar-refractivity contribution < 1.29 is 9.14 Å². The van der Waals surface area contributed by atoms with Crippen molar-refractivity contribution >= 4 is 43.2 Å². The largest absolute Gasteiger partial charge is 0.378 e. The number of hydrogen-bond acceptors (Lipinski definition) is 6. The Hall–Kier alpha value is -2.32. The molecule has 25 heavy (non-hydrogen) atoms. The molecule has 4 aromatic rings. The van der Waals surface area contributed by atoms with Crippen molar-refractivity contribution in [1.29, 1.82) is 0 Å². The molecule has 7 nitrogen and oxygen atoms in total. The molecule has 1 aliphatic carbocycles. The van der Waals surface area contributed by atoms with Gasteiger partial charge in [0.25, 0.3) is 5.65 Å². The predicted molar refractivity (Wildman–Crippen MR) is 95.3 cm³/mol. The first kappa shape index (κ1) is 13.9. The number of aryl methyl sites for hydroxylation is 1. The number of pyridine rings is 1. The van der Waals surface area contributed by atoms with Gasteiger partial charge in [0.05, 0.1) is 18.6 Å². The van der Waals surface area contributed by atoms with Crippen LogP contribution in [0.5, 0.6) is 0 Å². The zero-order chi connectivity index (χ0) is 16.4. The SMILES string of the molecule is c1n[nH]c2c3sc4nc(N5CCOCC5)c5c(c4c3nc[n+]12)CCC5. The number of H-pyrrole nitrogens is 1. The maximum atomic E-state index is 5.52. The van der Waals surface area contributed by atoms with Crippen molar-refractivity contribution in [2.24, 2.45) is 0 Å². The molecule has 0 bridgehead atoms. The van der Waals surface area contributed by atoms with Gasteiger partial charge in [0.2, 0.25) is 12.7 Å². The highest BCUT2D eigenvalue weighted by Crippen LogP contribution is 2.42. The number of thiophene rings is 1. The first-order valence-electron chi connectivity index (χ1n) is 8.70. The van der Waals surface area contributed by atoms with Gasteiger partial charge in [-0.25, -0.2) is 4.98 Å². The van der Waals surface area contributed by atoms with Crippen LogP contribution < -0.4 is 9.30 Å². The van der Waals surface area contributed by atoms with Gasteiger partial charge < -0.3 is 9.64 Å². The monoisotopic (exact) mass is 353 g/mol. The van der Waals surface area contributed by atoms with Crippen LogP contribution in [0.25, 0.3) is 26.1 Å². The normalized spacial score (nSPS) is 17.8. The van der Waals surface area contributed by atoms with Crippen LogP contribution in [-0.4, -0.2) is 46.5 Å². The Morgan fingerprint density at radius 1 is 1.16 bits per heavy atom. The number of nitrogens with zero attached hydrogens (tertiary/aromatic N) is 5. The fourth-order valence-electron chi connectivity index (χ4n) is 4.16. The molecule has 1 fully saturated rings. The summed E-state index contributed by atoms with van der Waals surface area (Å²) in [5.74, 6) is 1.17. The van der Waals surface area contributed by atoms with E-state index < -0.39 is 0 Å². The molecular formula is C17H17N6OS+. The third-order valence-electron chi connectivity index (χ3n) is 5.31. The van der Waals surface area contributed by atoms with Crippen molar-refractivity contribution in [3.8, 4) is 0 Å². The summed E-state index contributed by atoms with van der Waals surface area (Å²) < 4.78 is 8.59. The number of hydrogen-bond donors (Lipinski definition) is 1. The molecule has 0 radical (unpaired) electrons. The van der Waals surface area contributed by atoms with Gasteiger partial charge in [-0.2, -0.15) is 9.50 Å². The van der Waals surface area contributed by atoms with E-state index in [1.807, 2.05) is 10.7 Å². The van der Waals surface area contributed by atoms with Crippen LogP contribution >= 0.6 is 11.3 Å². The third-order valence-corrected chi connectivity index (χ3v) is 6.39. The van der Waals surface area contributed by atoms with E-state index in [9.17, 15) is 0 Å². The van der Waals surface area contributed by atoms with Crippen LogP contribution in [0, 0.1) is 0 Å². The molecule has 0 unspecified atom stereocenters. The Bertz CT molecular complexity index is 1130. The van der Waals surface area contributed by atoms with Crippen molar-refractivity contribution in [2.45, 2.75) is 19.3 Å². The fourth-order valence-corrected chi connectivity index (χ4v) is 5.30. The predicted octanol–water partition coefficient (Wildman–Crippen LogP) is 1.63. The zero-order valence-corrected chi connectivity index (χ0v) is 14.5. The molecule has 8 heteroatoms. The Morgan fingerprint density at radius 3 is 2.96 bits per heavy atom. The lowest BCUT2D eigenvalue weighted by Crippen LogP contribution is -2.37. The molecule has 2 aliphatic rings. The molecule has 0 amide bonds. The zero-order valence-electron chi connectivity index (χ0n) is 13.7. The third kappa shape index (κ3) is 1.89. The molecule has 4 aromatic heterocycles. The highest BCUT2D eigenvalue weighted by Gasteiger charge is 2.28. The lowest BCUT2D eigenvalue weighted by Gasteiger charge is -2.29. The molecule has 0 spiro atoms. The molecule has 0 saturated carbocycles. The molecule has 126 valence electrons. The van der Waals surface area contributed by atoms with Crippen molar-refractivity contribution in [1.82, 2.24) is 20.2 Å². The minimum absolute atomic E-state index is 0.786. The van der Waals surface area contributed by atoms with Crippen LogP contribution in [0.3, 0.4) is 0 Å². The Balaban J connectivity index is 1.69. The van der Waals surface area contributed by atoms with Crippen LogP contribution in [-0.2, 0) is 17.6 Å².